The van der Waals surface area contributed by atoms with Crippen molar-refractivity contribution in [2.45, 2.75) is 45.4 Å². The van der Waals surface area contributed by atoms with Crippen LogP contribution in [0.25, 0.3) is 0 Å². The smallest absolute Gasteiger partial charge is 0.0877 e. The first-order valence-electron chi connectivity index (χ1n) is 5.34. The molecular formula is C10H21OP. The van der Waals surface area contributed by atoms with E-state index in [4.69, 9.17) is 0 Å². The van der Waals surface area contributed by atoms with Crippen molar-refractivity contribution in [1.29, 1.82) is 0 Å². The third-order valence-corrected chi connectivity index (χ3v) is 6.19. The molecule has 2 heteroatoms. The summed E-state index contributed by atoms with van der Waals surface area (Å²) in [7, 11) is -1.64. The van der Waals surface area contributed by atoms with Crippen LogP contribution in [-0.2, 0) is 4.57 Å². The van der Waals surface area contributed by atoms with E-state index < -0.39 is 7.14 Å². The van der Waals surface area contributed by atoms with Crippen LogP contribution in [0.15, 0.2) is 0 Å². The van der Waals surface area contributed by atoms with Gasteiger partial charge in [0.05, 0.1) is 7.14 Å². The molecule has 0 aromatic rings. The second-order valence-corrected chi connectivity index (χ2v) is 7.45. The lowest BCUT2D eigenvalue weighted by molar-refractivity contribution is 0.556. The molecule has 0 saturated carbocycles. The summed E-state index contributed by atoms with van der Waals surface area (Å²) in [6.45, 7) is 2.21. The van der Waals surface area contributed by atoms with Gasteiger partial charge in [0.1, 0.15) is 0 Å². The van der Waals surface area contributed by atoms with E-state index in [2.05, 4.69) is 6.92 Å². The average Bonchev–Trinajstić information content (AvgIpc) is 2.06. The molecule has 1 aliphatic heterocycles. The summed E-state index contributed by atoms with van der Waals surface area (Å²) in [6, 6.07) is 0. The molecule has 1 fully saturated rings. The molecule has 1 saturated heterocycles. The largest absolute Gasteiger partial charge is 0.324 e. The number of hydrogen-bond donors (Lipinski definition) is 0. The Balaban J connectivity index is 2.22. The number of unbranched alkanes of at least 4 members (excludes halogenated alkanes) is 2. The third-order valence-electron chi connectivity index (χ3n) is 2.80. The van der Waals surface area contributed by atoms with Crippen molar-refractivity contribution in [3.8, 4) is 0 Å². The quantitative estimate of drug-likeness (QED) is 0.485. The number of rotatable bonds is 4. The summed E-state index contributed by atoms with van der Waals surface area (Å²) >= 11 is 0. The van der Waals surface area contributed by atoms with Crippen molar-refractivity contribution in [1.82, 2.24) is 0 Å². The molecule has 1 aliphatic rings. The summed E-state index contributed by atoms with van der Waals surface area (Å²) in [4.78, 5) is 0. The molecule has 0 atom stereocenters. The van der Waals surface area contributed by atoms with Crippen molar-refractivity contribution in [3.05, 3.63) is 0 Å². The van der Waals surface area contributed by atoms with E-state index in [0.717, 1.165) is 18.5 Å². The highest BCUT2D eigenvalue weighted by Gasteiger charge is 2.23. The normalized spacial score (nSPS) is 22.4. The van der Waals surface area contributed by atoms with E-state index in [9.17, 15) is 4.57 Å². The van der Waals surface area contributed by atoms with Crippen LogP contribution in [0.4, 0.5) is 0 Å². The van der Waals surface area contributed by atoms with Crippen LogP contribution in [0, 0.1) is 0 Å². The Labute approximate surface area is 76.3 Å². The highest BCUT2D eigenvalue weighted by molar-refractivity contribution is 7.63. The molecule has 0 aliphatic carbocycles. The van der Waals surface area contributed by atoms with Crippen molar-refractivity contribution in [3.63, 3.8) is 0 Å². The van der Waals surface area contributed by atoms with Crippen LogP contribution in [0.2, 0.25) is 0 Å². The zero-order chi connectivity index (χ0) is 8.86. The van der Waals surface area contributed by atoms with Gasteiger partial charge in [0, 0.05) is 18.5 Å². The van der Waals surface area contributed by atoms with Crippen LogP contribution >= 0.6 is 7.14 Å². The van der Waals surface area contributed by atoms with E-state index in [1.165, 1.54) is 38.5 Å². The highest BCUT2D eigenvalue weighted by Crippen LogP contribution is 2.50. The predicted octanol–water partition coefficient (Wildman–Crippen LogP) is 3.72. The van der Waals surface area contributed by atoms with Gasteiger partial charge < -0.3 is 4.57 Å². The van der Waals surface area contributed by atoms with Gasteiger partial charge in [-0.25, -0.2) is 0 Å². The van der Waals surface area contributed by atoms with Crippen molar-refractivity contribution in [2.75, 3.05) is 18.5 Å². The summed E-state index contributed by atoms with van der Waals surface area (Å²) in [5.41, 5.74) is 0. The zero-order valence-corrected chi connectivity index (χ0v) is 9.11. The summed E-state index contributed by atoms with van der Waals surface area (Å²) in [5.74, 6) is 0. The van der Waals surface area contributed by atoms with Gasteiger partial charge in [-0.2, -0.15) is 0 Å². The Hall–Kier alpha value is 0.230. The molecule has 1 rings (SSSR count). The predicted molar refractivity (Wildman–Crippen MR) is 55.6 cm³/mol. The Bertz CT molecular complexity index is 155. The lowest BCUT2D eigenvalue weighted by Gasteiger charge is -2.22. The van der Waals surface area contributed by atoms with Crippen molar-refractivity contribution in [2.24, 2.45) is 0 Å². The first kappa shape index (κ1) is 10.3. The summed E-state index contributed by atoms with van der Waals surface area (Å²) in [5, 5.41) is 0. The molecule has 0 amide bonds. The average molecular weight is 188 g/mol. The Kier molecular flexibility index (Phi) is 4.35. The van der Waals surface area contributed by atoms with Gasteiger partial charge in [0.15, 0.2) is 0 Å². The Morgan fingerprint density at radius 2 is 1.75 bits per heavy atom. The molecule has 12 heavy (non-hydrogen) atoms. The van der Waals surface area contributed by atoms with Gasteiger partial charge in [-0.1, -0.05) is 26.2 Å². The van der Waals surface area contributed by atoms with E-state index in [0.29, 0.717) is 0 Å². The first-order valence-corrected chi connectivity index (χ1v) is 7.60. The SMILES string of the molecule is CCCCCP1(=O)CCCCC1. The Morgan fingerprint density at radius 1 is 1.08 bits per heavy atom. The zero-order valence-electron chi connectivity index (χ0n) is 8.22. The third kappa shape index (κ3) is 3.31. The van der Waals surface area contributed by atoms with Gasteiger partial charge >= 0.3 is 0 Å². The maximum absolute atomic E-state index is 12.1. The van der Waals surface area contributed by atoms with E-state index >= 15 is 0 Å². The molecule has 1 nitrogen and oxygen atoms in total. The van der Waals surface area contributed by atoms with E-state index in [-0.39, 0.29) is 0 Å². The van der Waals surface area contributed by atoms with E-state index in [1.807, 2.05) is 0 Å². The van der Waals surface area contributed by atoms with Gasteiger partial charge in [-0.15, -0.1) is 0 Å². The van der Waals surface area contributed by atoms with Crippen molar-refractivity contribution < 1.29 is 4.57 Å². The molecule has 0 unspecified atom stereocenters. The molecule has 0 N–H and O–H groups in total. The minimum Gasteiger partial charge on any atom is -0.324 e. The van der Waals surface area contributed by atoms with Gasteiger partial charge in [0.25, 0.3) is 0 Å². The standard InChI is InChI=1S/C10H21OP/c1-2-3-5-8-12(11)9-6-4-7-10-12/h2-10H2,1H3. The lowest BCUT2D eigenvalue weighted by atomic mass is 10.3. The molecule has 0 bridgehead atoms. The highest BCUT2D eigenvalue weighted by atomic mass is 31.2. The van der Waals surface area contributed by atoms with Gasteiger partial charge in [-0.05, 0) is 19.3 Å². The topological polar surface area (TPSA) is 17.1 Å². The number of hydrogen-bond acceptors (Lipinski definition) is 1. The minimum absolute atomic E-state index is 1.04. The molecule has 0 spiro atoms. The van der Waals surface area contributed by atoms with Crippen LogP contribution < -0.4 is 0 Å². The van der Waals surface area contributed by atoms with Crippen LogP contribution in [0.1, 0.15) is 45.4 Å². The molecule has 0 aromatic carbocycles. The fraction of sp³-hybridized carbons (Fsp3) is 1.00. The molecular weight excluding hydrogens is 167 g/mol. The lowest BCUT2D eigenvalue weighted by Crippen LogP contribution is -2.06. The molecule has 72 valence electrons. The van der Waals surface area contributed by atoms with Crippen LogP contribution in [0.5, 0.6) is 0 Å². The van der Waals surface area contributed by atoms with Gasteiger partial charge in [0.2, 0.25) is 0 Å². The summed E-state index contributed by atoms with van der Waals surface area (Å²) < 4.78 is 12.1. The second kappa shape index (κ2) is 5.07. The fourth-order valence-corrected chi connectivity index (χ4v) is 5.03. The molecule has 0 aromatic heterocycles. The fourth-order valence-electron chi connectivity index (χ4n) is 1.96. The minimum atomic E-state index is -1.64. The maximum atomic E-state index is 12.1. The van der Waals surface area contributed by atoms with Crippen LogP contribution in [0.3, 0.4) is 0 Å². The molecule has 1 heterocycles. The first-order chi connectivity index (χ1) is 5.77. The van der Waals surface area contributed by atoms with Gasteiger partial charge in [-0.3, -0.25) is 0 Å². The molecule has 0 radical (unpaired) electrons. The maximum Gasteiger partial charge on any atom is 0.0877 e. The monoisotopic (exact) mass is 188 g/mol. The van der Waals surface area contributed by atoms with Crippen LogP contribution in [-0.4, -0.2) is 18.5 Å². The summed E-state index contributed by atoms with van der Waals surface area (Å²) in [6.07, 6.45) is 10.6. The van der Waals surface area contributed by atoms with E-state index in [1.54, 1.807) is 0 Å². The van der Waals surface area contributed by atoms with Crippen molar-refractivity contribution >= 4 is 7.14 Å². The Morgan fingerprint density at radius 3 is 2.33 bits per heavy atom. The second-order valence-electron chi connectivity index (χ2n) is 4.00.